The number of hydrogen-bond acceptors (Lipinski definition) is 3. The molecule has 1 heterocycles. The number of pyridine rings is 1. The molecule has 0 unspecified atom stereocenters. The summed E-state index contributed by atoms with van der Waals surface area (Å²) in [4.78, 5) is 16.4. The predicted octanol–water partition coefficient (Wildman–Crippen LogP) is 2.09. The highest BCUT2D eigenvalue weighted by Crippen LogP contribution is 2.34. The molecule has 0 aliphatic heterocycles. The lowest BCUT2D eigenvalue weighted by Crippen LogP contribution is -2.19. The number of likely N-dealkylation sites (N-methyl/N-ethyl adjacent to an activating group) is 1. The molecule has 0 saturated carbocycles. The number of carbonyl (C=O) groups is 1. The Bertz CT molecular complexity index is 522. The number of carbonyl (C=O) groups excluding carboxylic acids is 1. The molecule has 1 aromatic heterocycles. The Morgan fingerprint density at radius 1 is 1.42 bits per heavy atom. The molecule has 0 aliphatic carbocycles. The number of halogens is 3. The molecule has 1 aromatic rings. The quantitative estimate of drug-likeness (QED) is 0.839. The molecule has 7 heteroatoms. The molecule has 1 amide bonds. The summed E-state index contributed by atoms with van der Waals surface area (Å²) in [5, 5.41) is 0. The van der Waals surface area contributed by atoms with Gasteiger partial charge < -0.3 is 10.6 Å². The second kappa shape index (κ2) is 5.29. The van der Waals surface area contributed by atoms with E-state index in [0.717, 1.165) is 18.2 Å². The molecule has 0 radical (unpaired) electrons. The van der Waals surface area contributed by atoms with Gasteiger partial charge in [0.2, 0.25) is 5.91 Å². The van der Waals surface area contributed by atoms with Gasteiger partial charge in [-0.25, -0.2) is 4.98 Å². The van der Waals surface area contributed by atoms with Gasteiger partial charge in [-0.15, -0.1) is 0 Å². The fraction of sp³-hybridized carbons (Fsp3) is 0.333. The van der Waals surface area contributed by atoms with Gasteiger partial charge in [0.15, 0.2) is 0 Å². The number of amides is 1. The zero-order chi connectivity index (χ0) is 14.8. The second-order valence-corrected chi connectivity index (χ2v) is 4.16. The molecule has 0 saturated heterocycles. The Balaban J connectivity index is 3.31. The molecule has 0 bridgehead atoms. The van der Waals surface area contributed by atoms with Crippen LogP contribution in [-0.2, 0) is 11.0 Å². The lowest BCUT2D eigenvalue weighted by atomic mass is 10.1. The van der Waals surface area contributed by atoms with Gasteiger partial charge in [0.05, 0.1) is 5.56 Å². The van der Waals surface area contributed by atoms with Gasteiger partial charge in [-0.1, -0.05) is 0 Å². The fourth-order valence-electron chi connectivity index (χ4n) is 1.46. The van der Waals surface area contributed by atoms with E-state index in [-0.39, 0.29) is 17.1 Å². The SMILES string of the molecule is Cc1nc(N)cc(C(F)(F)F)c1C=CC(=O)N(C)C. The van der Waals surface area contributed by atoms with Gasteiger partial charge in [0.1, 0.15) is 5.82 Å². The van der Waals surface area contributed by atoms with Crippen LogP contribution in [0.2, 0.25) is 0 Å². The van der Waals surface area contributed by atoms with E-state index in [1.807, 2.05) is 0 Å². The maximum Gasteiger partial charge on any atom is 0.417 e. The second-order valence-electron chi connectivity index (χ2n) is 4.16. The molecule has 1 rings (SSSR count). The first-order valence-electron chi connectivity index (χ1n) is 5.36. The van der Waals surface area contributed by atoms with Gasteiger partial charge in [0.25, 0.3) is 0 Å². The van der Waals surface area contributed by atoms with Crippen molar-refractivity contribution in [2.24, 2.45) is 0 Å². The normalized spacial score (nSPS) is 11.9. The molecule has 104 valence electrons. The third-order valence-electron chi connectivity index (χ3n) is 2.41. The fourth-order valence-corrected chi connectivity index (χ4v) is 1.46. The lowest BCUT2D eigenvalue weighted by Gasteiger charge is -2.13. The zero-order valence-electron chi connectivity index (χ0n) is 10.7. The number of aryl methyl sites for hydroxylation is 1. The maximum absolute atomic E-state index is 12.9. The van der Waals surface area contributed by atoms with Crippen LogP contribution in [0.5, 0.6) is 0 Å². The smallest absolute Gasteiger partial charge is 0.384 e. The highest BCUT2D eigenvalue weighted by Gasteiger charge is 2.34. The van der Waals surface area contributed by atoms with Crippen LogP contribution in [0, 0.1) is 6.92 Å². The average Bonchev–Trinajstić information content (AvgIpc) is 2.25. The predicted molar refractivity (Wildman–Crippen MR) is 66.1 cm³/mol. The summed E-state index contributed by atoms with van der Waals surface area (Å²) < 4.78 is 38.6. The Hall–Kier alpha value is -2.05. The minimum atomic E-state index is -4.55. The summed E-state index contributed by atoms with van der Waals surface area (Å²) in [7, 11) is 3.01. The Kier molecular flexibility index (Phi) is 4.18. The van der Waals surface area contributed by atoms with Crippen LogP contribution < -0.4 is 5.73 Å². The van der Waals surface area contributed by atoms with Crippen LogP contribution in [0.1, 0.15) is 16.8 Å². The highest BCUT2D eigenvalue weighted by atomic mass is 19.4. The number of nitrogen functional groups attached to an aromatic ring is 1. The van der Waals surface area contributed by atoms with Gasteiger partial charge in [-0.05, 0) is 19.1 Å². The monoisotopic (exact) mass is 273 g/mol. The Labute approximate surface area is 108 Å². The summed E-state index contributed by atoms with van der Waals surface area (Å²) >= 11 is 0. The lowest BCUT2D eigenvalue weighted by molar-refractivity contribution is -0.137. The van der Waals surface area contributed by atoms with Gasteiger partial charge in [-0.3, -0.25) is 4.79 Å². The largest absolute Gasteiger partial charge is 0.417 e. The molecule has 0 fully saturated rings. The summed E-state index contributed by atoms with van der Waals surface area (Å²) in [5.41, 5.74) is 4.38. The van der Waals surface area contributed by atoms with E-state index in [2.05, 4.69) is 4.98 Å². The van der Waals surface area contributed by atoms with Gasteiger partial charge >= 0.3 is 6.18 Å². The number of nitrogens with zero attached hydrogens (tertiary/aromatic N) is 2. The molecule has 0 aromatic carbocycles. The first-order valence-corrected chi connectivity index (χ1v) is 5.36. The van der Waals surface area contributed by atoms with Crippen LogP contribution in [0.3, 0.4) is 0 Å². The van der Waals surface area contributed by atoms with Crippen molar-refractivity contribution in [1.82, 2.24) is 9.88 Å². The standard InChI is InChI=1S/C12H14F3N3O/c1-7-8(4-5-11(19)18(2)3)9(12(13,14)15)6-10(16)17-7/h4-6H,1-3H3,(H2,16,17). The van der Waals surface area contributed by atoms with Crippen molar-refractivity contribution < 1.29 is 18.0 Å². The van der Waals surface area contributed by atoms with E-state index in [9.17, 15) is 18.0 Å². The molecule has 0 aliphatic rings. The van der Waals surface area contributed by atoms with Gasteiger partial charge in [0, 0.05) is 31.4 Å². The molecule has 4 nitrogen and oxygen atoms in total. The number of nitrogens with two attached hydrogens (primary N) is 1. The molecular formula is C12H14F3N3O. The zero-order valence-corrected chi connectivity index (χ0v) is 10.7. The van der Waals surface area contributed by atoms with Crippen molar-refractivity contribution in [3.05, 3.63) is 29.0 Å². The van der Waals surface area contributed by atoms with Crippen LogP contribution >= 0.6 is 0 Å². The molecule has 0 spiro atoms. The maximum atomic E-state index is 12.9. The van der Waals surface area contributed by atoms with E-state index in [0.29, 0.717) is 0 Å². The van der Waals surface area contributed by atoms with Crippen molar-refractivity contribution in [1.29, 1.82) is 0 Å². The first kappa shape index (κ1) is 15.0. The topological polar surface area (TPSA) is 59.2 Å². The first-order chi connectivity index (χ1) is 8.62. The van der Waals surface area contributed by atoms with Crippen LogP contribution in [0.25, 0.3) is 6.08 Å². The van der Waals surface area contributed by atoms with Crippen molar-refractivity contribution in [3.63, 3.8) is 0 Å². The van der Waals surface area contributed by atoms with Crippen molar-refractivity contribution in [3.8, 4) is 0 Å². The minimum Gasteiger partial charge on any atom is -0.384 e. The molecular weight excluding hydrogens is 259 g/mol. The number of alkyl halides is 3. The average molecular weight is 273 g/mol. The van der Waals surface area contributed by atoms with Crippen molar-refractivity contribution in [2.45, 2.75) is 13.1 Å². The van der Waals surface area contributed by atoms with Gasteiger partial charge in [-0.2, -0.15) is 13.2 Å². The van der Waals surface area contributed by atoms with Crippen LogP contribution in [-0.4, -0.2) is 29.9 Å². The molecule has 19 heavy (non-hydrogen) atoms. The summed E-state index contributed by atoms with van der Waals surface area (Å²) in [6.45, 7) is 1.41. The minimum absolute atomic E-state index is 0.120. The van der Waals surface area contributed by atoms with Crippen LogP contribution in [0.15, 0.2) is 12.1 Å². The third kappa shape index (κ3) is 3.70. The van der Waals surface area contributed by atoms with Crippen molar-refractivity contribution in [2.75, 3.05) is 19.8 Å². The van der Waals surface area contributed by atoms with Crippen molar-refractivity contribution >= 4 is 17.8 Å². The number of anilines is 1. The summed E-state index contributed by atoms with van der Waals surface area (Å²) in [5.74, 6) is -0.620. The van der Waals surface area contributed by atoms with E-state index < -0.39 is 17.6 Å². The third-order valence-corrected chi connectivity index (χ3v) is 2.41. The Morgan fingerprint density at radius 2 is 2.00 bits per heavy atom. The van der Waals surface area contributed by atoms with E-state index in [4.69, 9.17) is 5.73 Å². The summed E-state index contributed by atoms with van der Waals surface area (Å²) in [6.07, 6.45) is -2.38. The number of rotatable bonds is 2. The van der Waals surface area contributed by atoms with E-state index in [1.54, 1.807) is 0 Å². The summed E-state index contributed by atoms with van der Waals surface area (Å²) in [6, 6.07) is 0.757. The van der Waals surface area contributed by atoms with E-state index >= 15 is 0 Å². The van der Waals surface area contributed by atoms with E-state index in [1.165, 1.54) is 25.9 Å². The molecule has 0 atom stereocenters. The highest BCUT2D eigenvalue weighted by molar-refractivity contribution is 5.91. The van der Waals surface area contributed by atoms with Crippen LogP contribution in [0.4, 0.5) is 19.0 Å². The number of aromatic nitrogens is 1. The Morgan fingerprint density at radius 3 is 2.47 bits per heavy atom. The number of hydrogen-bond donors (Lipinski definition) is 1. The molecule has 2 N–H and O–H groups in total.